The van der Waals surface area contributed by atoms with Crippen LogP contribution < -0.4 is 5.56 Å². The van der Waals surface area contributed by atoms with Crippen molar-refractivity contribution in [2.75, 3.05) is 0 Å². The second-order valence-corrected chi connectivity index (χ2v) is 4.74. The summed E-state index contributed by atoms with van der Waals surface area (Å²) in [4.78, 5) is 11.8. The van der Waals surface area contributed by atoms with Gasteiger partial charge in [-0.05, 0) is 46.0 Å². The van der Waals surface area contributed by atoms with Crippen molar-refractivity contribution in [2.45, 2.75) is 13.5 Å². The third-order valence-corrected chi connectivity index (χ3v) is 2.84. The Labute approximate surface area is 105 Å². The molecule has 84 valence electrons. The number of hydrogen-bond donors (Lipinski definition) is 0. The van der Waals surface area contributed by atoms with E-state index in [1.807, 2.05) is 6.07 Å². The van der Waals surface area contributed by atoms with Crippen LogP contribution in [-0.2, 0) is 13.6 Å². The Bertz CT molecular complexity index is 574. The SMILES string of the molecule is Cc1cc(I)cn(Cc2nnnn2C)c1=O. The summed E-state index contributed by atoms with van der Waals surface area (Å²) in [6.07, 6.45) is 1.80. The summed E-state index contributed by atoms with van der Waals surface area (Å²) in [6.45, 7) is 2.19. The van der Waals surface area contributed by atoms with E-state index in [1.54, 1.807) is 29.4 Å². The minimum absolute atomic E-state index is 0.0107. The Morgan fingerprint density at radius 1 is 1.50 bits per heavy atom. The van der Waals surface area contributed by atoms with Gasteiger partial charge in [-0.2, -0.15) is 0 Å². The molecule has 0 saturated heterocycles. The minimum Gasteiger partial charge on any atom is -0.307 e. The summed E-state index contributed by atoms with van der Waals surface area (Å²) in [6, 6.07) is 1.86. The van der Waals surface area contributed by atoms with Crippen molar-refractivity contribution >= 4 is 22.6 Å². The van der Waals surface area contributed by atoms with Gasteiger partial charge in [0, 0.05) is 22.4 Å². The van der Waals surface area contributed by atoms with Gasteiger partial charge in [0.05, 0.1) is 6.54 Å². The van der Waals surface area contributed by atoms with Gasteiger partial charge in [0.15, 0.2) is 5.82 Å². The van der Waals surface area contributed by atoms with Gasteiger partial charge < -0.3 is 4.57 Å². The van der Waals surface area contributed by atoms with Crippen LogP contribution in [0.2, 0.25) is 0 Å². The van der Waals surface area contributed by atoms with Crippen molar-refractivity contribution in [1.29, 1.82) is 0 Å². The van der Waals surface area contributed by atoms with E-state index in [0.717, 1.165) is 9.13 Å². The number of halogens is 1. The van der Waals surface area contributed by atoms with Crippen molar-refractivity contribution < 1.29 is 0 Å². The highest BCUT2D eigenvalue weighted by Crippen LogP contribution is 2.04. The number of aryl methyl sites for hydroxylation is 2. The number of tetrazole rings is 1. The molecule has 7 heteroatoms. The van der Waals surface area contributed by atoms with Crippen molar-refractivity contribution in [2.24, 2.45) is 7.05 Å². The lowest BCUT2D eigenvalue weighted by molar-refractivity contribution is 0.632. The summed E-state index contributed by atoms with van der Waals surface area (Å²) < 4.78 is 4.19. The van der Waals surface area contributed by atoms with E-state index in [-0.39, 0.29) is 5.56 Å². The van der Waals surface area contributed by atoms with Crippen molar-refractivity contribution in [3.05, 3.63) is 37.6 Å². The number of rotatable bonds is 2. The fraction of sp³-hybridized carbons (Fsp3) is 0.333. The van der Waals surface area contributed by atoms with Crippen LogP contribution in [0.5, 0.6) is 0 Å². The molecule has 0 radical (unpaired) electrons. The summed E-state index contributed by atoms with van der Waals surface area (Å²) in [5.41, 5.74) is 0.713. The minimum atomic E-state index is -0.0107. The molecule has 0 aliphatic carbocycles. The number of pyridine rings is 1. The third kappa shape index (κ3) is 2.13. The van der Waals surface area contributed by atoms with Gasteiger partial charge in [-0.25, -0.2) is 4.68 Å². The second kappa shape index (κ2) is 4.32. The molecule has 0 aromatic carbocycles. The topological polar surface area (TPSA) is 65.6 Å². The predicted molar refractivity (Wildman–Crippen MR) is 66.1 cm³/mol. The number of aromatic nitrogens is 5. The van der Waals surface area contributed by atoms with Crippen molar-refractivity contribution in [3.63, 3.8) is 0 Å². The van der Waals surface area contributed by atoms with E-state index in [4.69, 9.17) is 0 Å². The Morgan fingerprint density at radius 2 is 2.25 bits per heavy atom. The summed E-state index contributed by atoms with van der Waals surface area (Å²) in [7, 11) is 1.75. The molecule has 0 saturated carbocycles. The van der Waals surface area contributed by atoms with E-state index in [9.17, 15) is 4.79 Å². The van der Waals surface area contributed by atoms with Crippen LogP contribution in [0.3, 0.4) is 0 Å². The molecule has 6 nitrogen and oxygen atoms in total. The van der Waals surface area contributed by atoms with Gasteiger partial charge in [-0.15, -0.1) is 5.10 Å². The highest BCUT2D eigenvalue weighted by atomic mass is 127. The maximum Gasteiger partial charge on any atom is 0.253 e. The van der Waals surface area contributed by atoms with Crippen LogP contribution in [0.1, 0.15) is 11.4 Å². The molecule has 2 rings (SSSR count). The van der Waals surface area contributed by atoms with Crippen LogP contribution >= 0.6 is 22.6 Å². The molecule has 0 amide bonds. The van der Waals surface area contributed by atoms with Gasteiger partial charge in [0.1, 0.15) is 0 Å². The highest BCUT2D eigenvalue weighted by Gasteiger charge is 2.06. The first-order valence-electron chi connectivity index (χ1n) is 4.66. The highest BCUT2D eigenvalue weighted by molar-refractivity contribution is 14.1. The van der Waals surface area contributed by atoms with Crippen LogP contribution in [0.15, 0.2) is 17.1 Å². The molecule has 0 spiro atoms. The maximum absolute atomic E-state index is 11.8. The monoisotopic (exact) mass is 331 g/mol. The lowest BCUT2D eigenvalue weighted by Gasteiger charge is -2.06. The molecular formula is C9H10IN5O. The van der Waals surface area contributed by atoms with Crippen LogP contribution in [-0.4, -0.2) is 24.8 Å². The molecule has 0 fully saturated rings. The molecule has 0 atom stereocenters. The van der Waals surface area contributed by atoms with Gasteiger partial charge in [-0.3, -0.25) is 4.79 Å². The molecule has 2 aromatic heterocycles. The average molecular weight is 331 g/mol. The Balaban J connectivity index is 2.43. The molecule has 0 aliphatic heterocycles. The molecule has 0 aliphatic rings. The lowest BCUT2D eigenvalue weighted by atomic mass is 10.3. The van der Waals surface area contributed by atoms with Crippen LogP contribution in [0.25, 0.3) is 0 Å². The molecule has 0 unspecified atom stereocenters. The van der Waals surface area contributed by atoms with Crippen LogP contribution in [0.4, 0.5) is 0 Å². The largest absolute Gasteiger partial charge is 0.307 e. The zero-order chi connectivity index (χ0) is 11.7. The van der Waals surface area contributed by atoms with Gasteiger partial charge in [0.2, 0.25) is 0 Å². The van der Waals surface area contributed by atoms with E-state index in [2.05, 4.69) is 38.1 Å². The molecule has 16 heavy (non-hydrogen) atoms. The Morgan fingerprint density at radius 3 is 2.88 bits per heavy atom. The molecule has 2 aromatic rings. The van der Waals surface area contributed by atoms with Gasteiger partial charge in [-0.1, -0.05) is 0 Å². The standard InChI is InChI=1S/C9H10IN5O/c1-6-3-7(10)4-15(9(6)16)5-8-11-12-13-14(8)2/h3-4H,5H2,1-2H3. The van der Waals surface area contributed by atoms with E-state index in [0.29, 0.717) is 12.4 Å². The Hall–Kier alpha value is -1.25. The summed E-state index contributed by atoms with van der Waals surface area (Å²) in [5, 5.41) is 11.1. The third-order valence-electron chi connectivity index (χ3n) is 2.25. The summed E-state index contributed by atoms with van der Waals surface area (Å²) >= 11 is 2.18. The molecular weight excluding hydrogens is 321 g/mol. The Kier molecular flexibility index (Phi) is 3.03. The fourth-order valence-electron chi connectivity index (χ4n) is 1.39. The van der Waals surface area contributed by atoms with Crippen molar-refractivity contribution in [3.8, 4) is 0 Å². The first-order valence-corrected chi connectivity index (χ1v) is 5.73. The molecule has 2 heterocycles. The maximum atomic E-state index is 11.8. The molecule has 0 N–H and O–H groups in total. The molecule has 0 bridgehead atoms. The average Bonchev–Trinajstić information content (AvgIpc) is 2.60. The lowest BCUT2D eigenvalue weighted by Crippen LogP contribution is -2.24. The summed E-state index contributed by atoms with van der Waals surface area (Å²) in [5.74, 6) is 0.656. The smallest absolute Gasteiger partial charge is 0.253 e. The normalized spacial score (nSPS) is 10.7. The van der Waals surface area contributed by atoms with E-state index >= 15 is 0 Å². The quantitative estimate of drug-likeness (QED) is 0.744. The predicted octanol–water partition coefficient (Wildman–Crippen LogP) is 0.333. The zero-order valence-electron chi connectivity index (χ0n) is 8.88. The van der Waals surface area contributed by atoms with Crippen LogP contribution in [0, 0.1) is 10.5 Å². The van der Waals surface area contributed by atoms with E-state index < -0.39 is 0 Å². The first-order chi connectivity index (χ1) is 7.58. The van der Waals surface area contributed by atoms with Crippen molar-refractivity contribution in [1.82, 2.24) is 24.8 Å². The zero-order valence-corrected chi connectivity index (χ0v) is 11.0. The fourth-order valence-corrected chi connectivity index (χ4v) is 2.19. The number of hydrogen-bond acceptors (Lipinski definition) is 4. The van der Waals surface area contributed by atoms with Gasteiger partial charge in [0.25, 0.3) is 5.56 Å². The van der Waals surface area contributed by atoms with Gasteiger partial charge >= 0.3 is 0 Å². The second-order valence-electron chi connectivity index (χ2n) is 3.49. The number of nitrogens with zero attached hydrogens (tertiary/aromatic N) is 5. The van der Waals surface area contributed by atoms with E-state index in [1.165, 1.54) is 0 Å². The first kappa shape index (κ1) is 11.2.